The van der Waals surface area contributed by atoms with E-state index in [-0.39, 0.29) is 6.61 Å². The van der Waals surface area contributed by atoms with Gasteiger partial charge in [-0.05, 0) is 17.7 Å². The van der Waals surface area contributed by atoms with Crippen molar-refractivity contribution in [3.05, 3.63) is 89.3 Å². The van der Waals surface area contributed by atoms with E-state index < -0.39 is 5.97 Å². The minimum atomic E-state index is -0.504. The molecule has 0 aliphatic rings. The number of nitriles is 1. The average Bonchev–Trinajstić information content (AvgIpc) is 3.13. The Morgan fingerprint density at radius 2 is 1.92 bits per heavy atom. The molecular formula is C20H16N4O2. The Hall–Kier alpha value is -3.72. The molecule has 0 aliphatic heterocycles. The third-order valence-electron chi connectivity index (χ3n) is 3.64. The van der Waals surface area contributed by atoms with E-state index in [2.05, 4.69) is 16.4 Å². The monoisotopic (exact) mass is 344 g/mol. The van der Waals surface area contributed by atoms with E-state index >= 15 is 0 Å². The predicted octanol–water partition coefficient (Wildman–Crippen LogP) is 2.95. The van der Waals surface area contributed by atoms with Gasteiger partial charge < -0.3 is 4.74 Å². The molecule has 0 saturated heterocycles. The van der Waals surface area contributed by atoms with Gasteiger partial charge in [0.25, 0.3) is 0 Å². The number of nitrogens with zero attached hydrogens (tertiary/aromatic N) is 4. The molecule has 3 rings (SSSR count). The van der Waals surface area contributed by atoms with Crippen LogP contribution in [0.4, 0.5) is 0 Å². The van der Waals surface area contributed by atoms with Gasteiger partial charge in [0, 0.05) is 11.6 Å². The second-order valence-electron chi connectivity index (χ2n) is 5.54. The number of hydrogen-bond acceptors (Lipinski definition) is 5. The maximum absolute atomic E-state index is 11.8. The van der Waals surface area contributed by atoms with Gasteiger partial charge in [-0.3, -0.25) is 0 Å². The summed E-state index contributed by atoms with van der Waals surface area (Å²) in [5, 5.41) is 17.1. The lowest BCUT2D eigenvalue weighted by molar-refractivity contribution is -0.138. The molecule has 128 valence electrons. The minimum Gasteiger partial charge on any atom is -0.458 e. The van der Waals surface area contributed by atoms with E-state index in [0.717, 1.165) is 5.56 Å². The van der Waals surface area contributed by atoms with Gasteiger partial charge in [-0.1, -0.05) is 53.7 Å². The van der Waals surface area contributed by atoms with Crippen LogP contribution in [0, 0.1) is 11.3 Å². The summed E-state index contributed by atoms with van der Waals surface area (Å²) in [4.78, 5) is 11.8. The standard InChI is InChI=1S/C20H16N4O2/c21-12-17-8-4-5-9-18(17)15-26-20(25)11-10-19-14-24(23-22-19)13-16-6-2-1-3-7-16/h1-11,14H,13,15H2/b11-10+. The summed E-state index contributed by atoms with van der Waals surface area (Å²) >= 11 is 0. The molecule has 0 atom stereocenters. The number of carbonyl (C=O) groups excluding carboxylic acids is 1. The number of benzene rings is 2. The van der Waals surface area contributed by atoms with Gasteiger partial charge in [-0.25, -0.2) is 9.48 Å². The topological polar surface area (TPSA) is 80.8 Å². The first-order chi connectivity index (χ1) is 12.7. The van der Waals surface area contributed by atoms with Crippen LogP contribution in [0.25, 0.3) is 6.08 Å². The third-order valence-corrected chi connectivity index (χ3v) is 3.64. The van der Waals surface area contributed by atoms with Crippen LogP contribution in [-0.2, 0) is 22.7 Å². The largest absolute Gasteiger partial charge is 0.458 e. The zero-order chi connectivity index (χ0) is 18.2. The van der Waals surface area contributed by atoms with Crippen LogP contribution in [0.3, 0.4) is 0 Å². The van der Waals surface area contributed by atoms with E-state index in [4.69, 9.17) is 10.00 Å². The molecule has 0 bridgehead atoms. The number of esters is 1. The fourth-order valence-corrected chi connectivity index (χ4v) is 2.34. The van der Waals surface area contributed by atoms with E-state index in [1.54, 1.807) is 41.2 Å². The van der Waals surface area contributed by atoms with Gasteiger partial charge in [0.2, 0.25) is 0 Å². The Kier molecular flexibility index (Phi) is 5.53. The minimum absolute atomic E-state index is 0.0492. The van der Waals surface area contributed by atoms with Gasteiger partial charge in [-0.2, -0.15) is 5.26 Å². The summed E-state index contributed by atoms with van der Waals surface area (Å²) in [6.45, 7) is 0.657. The SMILES string of the molecule is N#Cc1ccccc1COC(=O)/C=C/c1cn(Cc2ccccc2)nn1. The highest BCUT2D eigenvalue weighted by atomic mass is 16.5. The average molecular weight is 344 g/mol. The quantitative estimate of drug-likeness (QED) is 0.507. The van der Waals surface area contributed by atoms with E-state index in [9.17, 15) is 4.79 Å². The van der Waals surface area contributed by atoms with Crippen molar-refractivity contribution in [1.29, 1.82) is 5.26 Å². The Balaban J connectivity index is 1.55. The maximum atomic E-state index is 11.8. The van der Waals surface area contributed by atoms with Crippen LogP contribution in [0.2, 0.25) is 0 Å². The van der Waals surface area contributed by atoms with Gasteiger partial charge >= 0.3 is 5.97 Å². The molecule has 0 saturated carbocycles. The Morgan fingerprint density at radius 1 is 1.15 bits per heavy atom. The molecule has 26 heavy (non-hydrogen) atoms. The molecule has 3 aromatic rings. The van der Waals surface area contributed by atoms with Crippen LogP contribution in [0.1, 0.15) is 22.4 Å². The number of hydrogen-bond donors (Lipinski definition) is 0. The van der Waals surface area contributed by atoms with E-state index in [1.807, 2.05) is 30.3 Å². The highest BCUT2D eigenvalue weighted by Gasteiger charge is 2.04. The van der Waals surface area contributed by atoms with Crippen molar-refractivity contribution >= 4 is 12.0 Å². The normalized spacial score (nSPS) is 10.6. The molecule has 0 radical (unpaired) electrons. The molecule has 6 nitrogen and oxygen atoms in total. The zero-order valence-corrected chi connectivity index (χ0v) is 13.9. The molecule has 0 fully saturated rings. The predicted molar refractivity (Wildman–Crippen MR) is 95.6 cm³/mol. The lowest BCUT2D eigenvalue weighted by Crippen LogP contribution is -2.02. The van der Waals surface area contributed by atoms with Crippen LogP contribution in [-0.4, -0.2) is 21.0 Å². The molecular weight excluding hydrogens is 328 g/mol. The van der Waals surface area contributed by atoms with E-state index in [0.29, 0.717) is 23.4 Å². The van der Waals surface area contributed by atoms with Crippen LogP contribution >= 0.6 is 0 Å². The Labute approximate surface area is 151 Å². The van der Waals surface area contributed by atoms with Crippen molar-refractivity contribution in [3.63, 3.8) is 0 Å². The lowest BCUT2D eigenvalue weighted by atomic mass is 10.1. The number of carbonyl (C=O) groups is 1. The number of aromatic nitrogens is 3. The van der Waals surface area contributed by atoms with Crippen LogP contribution in [0.5, 0.6) is 0 Å². The molecule has 2 aromatic carbocycles. The Bertz CT molecular complexity index is 955. The van der Waals surface area contributed by atoms with Gasteiger partial charge in [0.15, 0.2) is 0 Å². The molecule has 0 unspecified atom stereocenters. The third kappa shape index (κ3) is 4.65. The fourth-order valence-electron chi connectivity index (χ4n) is 2.34. The van der Waals surface area contributed by atoms with Gasteiger partial charge in [-0.15, -0.1) is 5.10 Å². The van der Waals surface area contributed by atoms with Crippen molar-refractivity contribution in [1.82, 2.24) is 15.0 Å². The van der Waals surface area contributed by atoms with Crippen LogP contribution < -0.4 is 0 Å². The Morgan fingerprint density at radius 3 is 2.73 bits per heavy atom. The molecule has 0 aliphatic carbocycles. The van der Waals surface area contributed by atoms with E-state index in [1.165, 1.54) is 6.08 Å². The highest BCUT2D eigenvalue weighted by molar-refractivity contribution is 5.86. The van der Waals surface area contributed by atoms with Gasteiger partial charge in [0.05, 0.1) is 24.4 Å². The van der Waals surface area contributed by atoms with Gasteiger partial charge in [0.1, 0.15) is 12.3 Å². The van der Waals surface area contributed by atoms with Crippen molar-refractivity contribution in [3.8, 4) is 6.07 Å². The smallest absolute Gasteiger partial charge is 0.331 e. The second kappa shape index (κ2) is 8.40. The summed E-state index contributed by atoms with van der Waals surface area (Å²) in [7, 11) is 0. The summed E-state index contributed by atoms with van der Waals surface area (Å²) in [5.74, 6) is -0.504. The highest BCUT2D eigenvalue weighted by Crippen LogP contribution is 2.09. The van der Waals surface area contributed by atoms with Crippen molar-refractivity contribution in [2.24, 2.45) is 0 Å². The van der Waals surface area contributed by atoms with Crippen LogP contribution in [0.15, 0.2) is 66.9 Å². The molecule has 0 N–H and O–H groups in total. The van der Waals surface area contributed by atoms with Crippen molar-refractivity contribution < 1.29 is 9.53 Å². The summed E-state index contributed by atoms with van der Waals surface area (Å²) in [6, 6.07) is 19.0. The molecule has 1 heterocycles. The summed E-state index contributed by atoms with van der Waals surface area (Å²) in [6.07, 6.45) is 4.60. The van der Waals surface area contributed by atoms with Crippen molar-refractivity contribution in [2.75, 3.05) is 0 Å². The summed E-state index contributed by atoms with van der Waals surface area (Å²) in [5.41, 5.74) is 2.84. The first-order valence-corrected chi connectivity index (χ1v) is 8.01. The number of rotatable bonds is 6. The molecule has 0 spiro atoms. The van der Waals surface area contributed by atoms with Crippen molar-refractivity contribution in [2.45, 2.75) is 13.2 Å². The summed E-state index contributed by atoms with van der Waals surface area (Å²) < 4.78 is 6.86. The zero-order valence-electron chi connectivity index (χ0n) is 13.9. The fraction of sp³-hybridized carbons (Fsp3) is 0.100. The molecule has 6 heteroatoms. The molecule has 1 aromatic heterocycles. The second-order valence-corrected chi connectivity index (χ2v) is 5.54. The lowest BCUT2D eigenvalue weighted by Gasteiger charge is -2.03. The maximum Gasteiger partial charge on any atom is 0.331 e. The first kappa shape index (κ1) is 17.1. The first-order valence-electron chi connectivity index (χ1n) is 8.01. The molecule has 0 amide bonds. The number of ether oxygens (including phenoxy) is 1.